The molecule has 0 saturated carbocycles. The Labute approximate surface area is 443 Å². The Morgan fingerprint density at radius 3 is 1.94 bits per heavy atom. The molecule has 0 atom stereocenters. The van der Waals surface area contributed by atoms with Crippen LogP contribution < -0.4 is 4.40 Å². The predicted octanol–water partition coefficient (Wildman–Crippen LogP) is 16.8. The van der Waals surface area contributed by atoms with E-state index in [1.807, 2.05) is 42.5 Å². The number of hydrogen-bond acceptors (Lipinski definition) is 4. The van der Waals surface area contributed by atoms with Gasteiger partial charge in [-0.25, -0.2) is 0 Å². The molecular formula is C63H50F2GeIrN4S-2. The van der Waals surface area contributed by atoms with E-state index in [-0.39, 0.29) is 37.0 Å². The summed E-state index contributed by atoms with van der Waals surface area (Å²) in [4.78, 5) is 14.1. The monoisotopic (exact) mass is 1200 g/mol. The summed E-state index contributed by atoms with van der Waals surface area (Å²) in [5.41, 5.74) is 13.3. The minimum absolute atomic E-state index is 0. The van der Waals surface area contributed by atoms with Gasteiger partial charge in [0.2, 0.25) is 0 Å². The topological polar surface area (TPSA) is 43.6 Å². The molecule has 0 amide bonds. The maximum Gasteiger partial charge on any atom is 0 e. The summed E-state index contributed by atoms with van der Waals surface area (Å²) in [6, 6.07) is 52.0. The molecule has 0 saturated heterocycles. The number of aryl methyl sites for hydroxylation is 5. The van der Waals surface area contributed by atoms with Gasteiger partial charge in [0.15, 0.2) is 0 Å². The number of benzene rings is 8. The van der Waals surface area contributed by atoms with E-state index in [0.717, 1.165) is 64.0 Å². The second-order valence-electron chi connectivity index (χ2n) is 19.3. The van der Waals surface area contributed by atoms with E-state index in [1.54, 1.807) is 36.0 Å². The Bertz CT molecular complexity index is 4170. The average molecular weight is 1200 g/mol. The standard InChI is InChI=1S/C42H29FN3S.C21H21FGeN.Ir/c1-23-18-28(27-10-6-5-7-11-27)19-24(2)40(23)46-37-21-32-26(4)25(3)29-12-8-9-13-30(29)33(32)20-36(37)45-42(46)31-14-15-35(43)39-34-22-44-17-16-38(34)47-41(31)39;1-15-12-21(24-14-20(15)23(2,3)4)18-11-10-17(13-19(18)22)16-8-6-5-7-9-16;/h5-13,15-22H,1-4H3;5-10,12-14H,1-4H3;/q2*-1;/i;1D3;. The Hall–Kier alpha value is -6.68. The molecule has 0 fully saturated rings. The Balaban J connectivity index is 0.000000196. The fourth-order valence-electron chi connectivity index (χ4n) is 10.1. The molecule has 0 spiro atoms. The Morgan fingerprint density at radius 1 is 0.611 bits per heavy atom. The van der Waals surface area contributed by atoms with Crippen LogP contribution in [0.2, 0.25) is 17.3 Å². The predicted molar refractivity (Wildman–Crippen MR) is 297 cm³/mol. The first-order valence-corrected chi connectivity index (χ1v) is 31.8. The minimum Gasteiger partial charge on any atom is 0 e. The van der Waals surface area contributed by atoms with Crippen molar-refractivity contribution < 1.29 is 33.0 Å². The Kier molecular flexibility index (Phi) is 12.2. The smallest absolute Gasteiger partial charge is 0 e. The van der Waals surface area contributed by atoms with E-state index < -0.39 is 25.9 Å². The molecule has 12 rings (SSSR count). The number of aromatic nitrogens is 4. The van der Waals surface area contributed by atoms with Crippen molar-refractivity contribution in [2.45, 2.75) is 51.8 Å². The van der Waals surface area contributed by atoms with Gasteiger partial charge in [-0.05, 0) is 123 Å². The van der Waals surface area contributed by atoms with Crippen LogP contribution in [0, 0.1) is 58.3 Å². The van der Waals surface area contributed by atoms with Crippen LogP contribution in [0.15, 0.2) is 158 Å². The van der Waals surface area contributed by atoms with Crippen molar-refractivity contribution in [3.8, 4) is 50.6 Å². The van der Waals surface area contributed by atoms with E-state index in [0.29, 0.717) is 16.6 Å². The number of pyridine rings is 2. The van der Waals surface area contributed by atoms with Crippen LogP contribution in [0.4, 0.5) is 8.78 Å². The molecule has 12 aromatic rings. The van der Waals surface area contributed by atoms with Crippen molar-refractivity contribution in [2.75, 3.05) is 0 Å². The third-order valence-electron chi connectivity index (χ3n) is 13.7. The van der Waals surface area contributed by atoms with Gasteiger partial charge in [-0.15, -0.1) is 12.1 Å². The van der Waals surface area contributed by atoms with Crippen LogP contribution >= 0.6 is 11.3 Å². The molecule has 1 radical (unpaired) electrons. The van der Waals surface area contributed by atoms with Gasteiger partial charge in [0.25, 0.3) is 0 Å². The number of nitrogens with zero attached hydrogens (tertiary/aromatic N) is 4. The number of fused-ring (bicyclic) bond motifs is 7. The van der Waals surface area contributed by atoms with E-state index in [4.69, 9.17) is 9.10 Å². The van der Waals surface area contributed by atoms with Crippen molar-refractivity contribution in [1.29, 1.82) is 0 Å². The third-order valence-corrected chi connectivity index (χ3v) is 19.1. The van der Waals surface area contributed by atoms with Gasteiger partial charge in [0.05, 0.1) is 16.9 Å². The zero-order valence-electron chi connectivity index (χ0n) is 43.8. The molecule has 0 N–H and O–H groups in total. The van der Waals surface area contributed by atoms with E-state index in [1.165, 1.54) is 62.0 Å². The van der Waals surface area contributed by atoms with Gasteiger partial charge >= 0.3 is 150 Å². The molecule has 8 aromatic carbocycles. The van der Waals surface area contributed by atoms with Gasteiger partial charge in [0, 0.05) is 54.1 Å². The molecule has 357 valence electrons. The number of rotatable bonds is 6. The van der Waals surface area contributed by atoms with Crippen molar-refractivity contribution in [3.05, 3.63) is 210 Å². The molecule has 72 heavy (non-hydrogen) atoms. The minimum atomic E-state index is -2.44. The summed E-state index contributed by atoms with van der Waals surface area (Å²) in [7, 11) is 0. The van der Waals surface area contributed by atoms with Crippen LogP contribution in [-0.2, 0) is 20.1 Å². The molecule has 0 unspecified atom stereocenters. The van der Waals surface area contributed by atoms with E-state index in [9.17, 15) is 4.39 Å². The molecule has 0 aliphatic heterocycles. The first-order chi connectivity index (χ1) is 35.5. The fourth-order valence-corrected chi connectivity index (χ4v) is 14.0. The maximum atomic E-state index is 15.5. The van der Waals surface area contributed by atoms with Crippen molar-refractivity contribution >= 4 is 81.7 Å². The van der Waals surface area contributed by atoms with Gasteiger partial charge < -0.3 is 4.57 Å². The van der Waals surface area contributed by atoms with Crippen molar-refractivity contribution in [3.63, 3.8) is 0 Å². The fraction of sp³-hybridized carbons (Fsp3) is 0.127. The number of imidazole rings is 1. The van der Waals surface area contributed by atoms with Crippen LogP contribution in [-0.4, -0.2) is 32.8 Å². The first kappa shape index (κ1) is 45.2. The summed E-state index contributed by atoms with van der Waals surface area (Å²) in [6.07, 6.45) is 5.13. The molecule has 4 aromatic heterocycles. The van der Waals surface area contributed by atoms with Crippen LogP contribution in [0.25, 0.3) is 103 Å². The van der Waals surface area contributed by atoms with E-state index >= 15 is 4.39 Å². The van der Waals surface area contributed by atoms with E-state index in [2.05, 4.69) is 144 Å². The molecule has 0 bridgehead atoms. The average Bonchev–Trinajstić information content (AvgIpc) is 3.98. The van der Waals surface area contributed by atoms with Gasteiger partial charge in [-0.1, -0.05) is 60.2 Å². The Morgan fingerprint density at radius 2 is 1.26 bits per heavy atom. The quantitative estimate of drug-likeness (QED) is 0.0947. The summed E-state index contributed by atoms with van der Waals surface area (Å²) >= 11 is -0.874. The summed E-state index contributed by atoms with van der Waals surface area (Å²) < 4.78 is 58.9. The van der Waals surface area contributed by atoms with Crippen LogP contribution in [0.3, 0.4) is 0 Å². The third kappa shape index (κ3) is 8.68. The molecular weight excluding hydrogens is 1150 g/mol. The van der Waals surface area contributed by atoms with Gasteiger partial charge in [0.1, 0.15) is 0 Å². The number of thiophene rings is 1. The van der Waals surface area contributed by atoms with Crippen LogP contribution in [0.1, 0.15) is 31.9 Å². The van der Waals surface area contributed by atoms with Gasteiger partial charge in [-0.3, -0.25) is 14.4 Å². The van der Waals surface area contributed by atoms with Crippen molar-refractivity contribution in [2.24, 2.45) is 0 Å². The second-order valence-corrected chi connectivity index (χ2v) is 30.9. The molecule has 0 aliphatic carbocycles. The normalized spacial score (nSPS) is 12.4. The molecule has 4 nitrogen and oxygen atoms in total. The molecule has 4 heterocycles. The van der Waals surface area contributed by atoms with Crippen LogP contribution in [0.5, 0.6) is 0 Å². The molecule has 0 aliphatic rings. The second kappa shape index (κ2) is 19.4. The maximum absolute atomic E-state index is 15.5. The zero-order valence-corrected chi connectivity index (χ0v) is 46.1. The zero-order chi connectivity index (χ0) is 51.8. The summed E-state index contributed by atoms with van der Waals surface area (Å²) in [6.45, 7) is 6.51. The first-order valence-electron chi connectivity index (χ1n) is 25.1. The summed E-state index contributed by atoms with van der Waals surface area (Å²) in [5.74, 6) is 6.34. The SMILES string of the molecule is Cc1cc(-c2ccccc2)cc(C)c1-n1c(-c2[c-]cc(F)c3c2sc2ccncc23)nc2cc3c(cc21)c(C)c(C)c1ccccc13.[2H]C([2H])([2H])c1cc(-c2[c-]cc(-c3ccccc3)cc2F)nc[c]1[Ge]([CH3])([CH3])[CH3].[Ir]. The summed E-state index contributed by atoms with van der Waals surface area (Å²) in [5, 5.41) is 6.25. The number of hydrogen-bond donors (Lipinski definition) is 0. The number of halogens is 2. The molecule has 9 heteroatoms. The van der Waals surface area contributed by atoms with Crippen molar-refractivity contribution in [1.82, 2.24) is 19.5 Å². The van der Waals surface area contributed by atoms with Gasteiger partial charge in [-0.2, -0.15) is 11.3 Å². The largest absolute Gasteiger partial charge is 0 e.